The van der Waals surface area contributed by atoms with Crippen molar-refractivity contribution in [2.75, 3.05) is 18.5 Å². The second-order valence-electron chi connectivity index (χ2n) is 8.71. The Balaban J connectivity index is 1.84. The maximum Gasteiger partial charge on any atom is 0.327 e. The summed E-state index contributed by atoms with van der Waals surface area (Å²) in [5, 5.41) is 10.7. The fourth-order valence-corrected chi connectivity index (χ4v) is 7.25. The van der Waals surface area contributed by atoms with Crippen molar-refractivity contribution < 1.29 is 36.2 Å². The fourth-order valence-electron chi connectivity index (χ4n) is 4.24. The maximum atomic E-state index is 13.8. The van der Waals surface area contributed by atoms with Gasteiger partial charge in [0, 0.05) is 5.39 Å². The summed E-state index contributed by atoms with van der Waals surface area (Å²) >= 11 is 0. The van der Waals surface area contributed by atoms with Gasteiger partial charge in [-0.3, -0.25) is 4.31 Å². The highest BCUT2D eigenvalue weighted by Crippen LogP contribution is 2.36. The first kappa shape index (κ1) is 27.9. The van der Waals surface area contributed by atoms with Gasteiger partial charge in [0.2, 0.25) is 0 Å². The second-order valence-corrected chi connectivity index (χ2v) is 12.5. The molecule has 0 heterocycles. The van der Waals surface area contributed by atoms with Crippen LogP contribution in [0.1, 0.15) is 12.5 Å². The molecule has 0 aliphatic carbocycles. The number of aliphatic carboxylic acids is 1. The van der Waals surface area contributed by atoms with E-state index in [2.05, 4.69) is 0 Å². The Kier molecular flexibility index (Phi) is 7.84. The van der Waals surface area contributed by atoms with Gasteiger partial charge in [-0.25, -0.2) is 21.6 Å². The molecule has 4 aromatic carbocycles. The summed E-state index contributed by atoms with van der Waals surface area (Å²) in [5.74, 6) is -0.726. The molecule has 0 bridgehead atoms. The molecule has 0 saturated carbocycles. The molecule has 11 heteroatoms. The summed E-state index contributed by atoms with van der Waals surface area (Å²) in [5.41, 5.74) is 0.553. The second kappa shape index (κ2) is 11.0. The van der Waals surface area contributed by atoms with Crippen LogP contribution >= 0.6 is 0 Å². The van der Waals surface area contributed by atoms with Gasteiger partial charge < -0.3 is 14.6 Å². The van der Waals surface area contributed by atoms with Crippen molar-refractivity contribution in [3.05, 3.63) is 90.5 Å². The summed E-state index contributed by atoms with van der Waals surface area (Å²) in [4.78, 5) is 12.1. The van der Waals surface area contributed by atoms with Crippen molar-refractivity contribution in [1.29, 1.82) is 0 Å². The van der Waals surface area contributed by atoms with E-state index >= 15 is 0 Å². The Morgan fingerprint density at radius 1 is 0.769 bits per heavy atom. The van der Waals surface area contributed by atoms with Crippen LogP contribution in [-0.4, -0.2) is 48.2 Å². The normalized spacial score (nSPS) is 12.6. The minimum absolute atomic E-state index is 0.111. The largest absolute Gasteiger partial charge is 0.497 e. The minimum Gasteiger partial charge on any atom is -0.497 e. The number of carbonyl (C=O) groups is 1. The van der Waals surface area contributed by atoms with Crippen molar-refractivity contribution in [3.63, 3.8) is 0 Å². The third-order valence-electron chi connectivity index (χ3n) is 6.32. The molecule has 0 aliphatic heterocycles. The van der Waals surface area contributed by atoms with E-state index < -0.39 is 31.9 Å². The average Bonchev–Trinajstić information content (AvgIpc) is 2.94. The summed E-state index contributed by atoms with van der Waals surface area (Å²) in [7, 11) is -5.17. The lowest BCUT2D eigenvalue weighted by atomic mass is 10.0. The van der Waals surface area contributed by atoms with Crippen LogP contribution in [0.4, 0.5) is 5.69 Å². The van der Waals surface area contributed by atoms with E-state index in [0.717, 1.165) is 4.31 Å². The molecule has 0 unspecified atom stereocenters. The maximum absolute atomic E-state index is 13.8. The standard InChI is InChI=1S/C28H27NO8S2/c1-19(28(30)31)29(39(34,35)24-15-11-22(37-3)12-16-24)27-17-8-20(25-6-4-5-7-26(25)27)18-38(32,33)23-13-9-21(36-2)10-14-23/h4-17,19H,18H2,1-3H3,(H,30,31)/t19-/m0/s1. The Labute approximate surface area is 227 Å². The molecule has 39 heavy (non-hydrogen) atoms. The number of hydrogen-bond acceptors (Lipinski definition) is 7. The van der Waals surface area contributed by atoms with Crippen LogP contribution in [0, 0.1) is 0 Å². The molecular weight excluding hydrogens is 542 g/mol. The molecule has 0 fully saturated rings. The number of methoxy groups -OCH3 is 2. The van der Waals surface area contributed by atoms with Crippen molar-refractivity contribution in [2.45, 2.75) is 28.5 Å². The summed E-state index contributed by atoms with van der Waals surface area (Å²) < 4.78 is 65.1. The highest BCUT2D eigenvalue weighted by Gasteiger charge is 2.35. The van der Waals surface area contributed by atoms with Crippen LogP contribution in [0.2, 0.25) is 0 Å². The molecule has 0 aliphatic rings. The van der Waals surface area contributed by atoms with Gasteiger partial charge in [0.15, 0.2) is 9.84 Å². The Bertz CT molecular complexity index is 1720. The number of ether oxygens (including phenoxy) is 2. The number of hydrogen-bond donors (Lipinski definition) is 1. The van der Waals surface area contributed by atoms with Crippen molar-refractivity contribution in [3.8, 4) is 11.5 Å². The SMILES string of the molecule is COc1ccc(S(=O)(=O)Cc2ccc(N([C@@H](C)C(=O)O)S(=O)(=O)c3ccc(OC)cc3)c3ccccc23)cc1. The van der Waals surface area contributed by atoms with Gasteiger partial charge in [-0.2, -0.15) is 0 Å². The number of anilines is 1. The van der Waals surface area contributed by atoms with E-state index in [4.69, 9.17) is 9.47 Å². The van der Waals surface area contributed by atoms with Gasteiger partial charge in [0.1, 0.15) is 17.5 Å². The summed E-state index contributed by atoms with van der Waals surface area (Å²) in [6, 6.07) is 19.9. The molecule has 4 aromatic rings. The molecule has 0 aromatic heterocycles. The molecule has 0 saturated heterocycles. The van der Waals surface area contributed by atoms with E-state index in [-0.39, 0.29) is 21.2 Å². The average molecular weight is 570 g/mol. The number of carboxylic acids is 1. The Hall–Kier alpha value is -4.09. The van der Waals surface area contributed by atoms with Crippen molar-refractivity contribution in [1.82, 2.24) is 0 Å². The fraction of sp³-hybridized carbons (Fsp3) is 0.179. The predicted molar refractivity (Wildman–Crippen MR) is 148 cm³/mol. The summed E-state index contributed by atoms with van der Waals surface area (Å²) in [6.07, 6.45) is 0. The minimum atomic E-state index is -4.35. The van der Waals surface area contributed by atoms with Gasteiger partial charge in [0.25, 0.3) is 10.0 Å². The lowest BCUT2D eigenvalue weighted by Crippen LogP contribution is -2.43. The first-order chi connectivity index (χ1) is 18.5. The zero-order chi connectivity index (χ0) is 28.4. The topological polar surface area (TPSA) is 127 Å². The highest BCUT2D eigenvalue weighted by molar-refractivity contribution is 7.93. The quantitative estimate of drug-likeness (QED) is 0.296. The van der Waals surface area contributed by atoms with Crippen molar-refractivity contribution in [2.24, 2.45) is 0 Å². The molecule has 9 nitrogen and oxygen atoms in total. The Morgan fingerprint density at radius 2 is 1.28 bits per heavy atom. The number of rotatable bonds is 10. The van der Waals surface area contributed by atoms with Gasteiger partial charge in [-0.05, 0) is 72.5 Å². The molecule has 0 radical (unpaired) electrons. The number of fused-ring (bicyclic) bond motifs is 1. The first-order valence-corrected chi connectivity index (χ1v) is 14.9. The molecule has 1 atom stereocenters. The number of sulfonamides is 1. The lowest BCUT2D eigenvalue weighted by molar-refractivity contribution is -0.137. The third-order valence-corrected chi connectivity index (χ3v) is 9.90. The van der Waals surface area contributed by atoms with E-state index in [9.17, 15) is 26.7 Å². The van der Waals surface area contributed by atoms with Crippen LogP contribution in [0.25, 0.3) is 10.8 Å². The number of carboxylic acid groups (broad SMARTS) is 1. The van der Waals surface area contributed by atoms with Crippen LogP contribution in [0.3, 0.4) is 0 Å². The molecule has 0 spiro atoms. The molecule has 4 rings (SSSR count). The highest BCUT2D eigenvalue weighted by atomic mass is 32.2. The van der Waals surface area contributed by atoms with E-state index in [1.54, 1.807) is 36.4 Å². The van der Waals surface area contributed by atoms with Gasteiger partial charge in [0.05, 0.1) is 35.5 Å². The van der Waals surface area contributed by atoms with Crippen molar-refractivity contribution >= 4 is 42.3 Å². The molecule has 0 amide bonds. The smallest absolute Gasteiger partial charge is 0.327 e. The van der Waals surface area contributed by atoms with E-state index in [1.165, 1.54) is 69.7 Å². The third kappa shape index (κ3) is 5.55. The Morgan fingerprint density at radius 3 is 1.79 bits per heavy atom. The summed E-state index contributed by atoms with van der Waals surface area (Å²) in [6.45, 7) is 1.28. The van der Waals surface area contributed by atoms with E-state index in [0.29, 0.717) is 27.8 Å². The predicted octanol–water partition coefficient (Wildman–Crippen LogP) is 4.50. The van der Waals surface area contributed by atoms with E-state index in [1.807, 2.05) is 0 Å². The van der Waals surface area contributed by atoms with Gasteiger partial charge in [-0.15, -0.1) is 0 Å². The number of benzene rings is 4. The van der Waals surface area contributed by atoms with Crippen LogP contribution < -0.4 is 13.8 Å². The monoisotopic (exact) mass is 569 g/mol. The van der Waals surface area contributed by atoms with Gasteiger partial charge >= 0.3 is 5.97 Å². The van der Waals surface area contributed by atoms with Crippen LogP contribution in [0.15, 0.2) is 94.7 Å². The van der Waals surface area contributed by atoms with Crippen LogP contribution in [-0.2, 0) is 30.4 Å². The zero-order valence-electron chi connectivity index (χ0n) is 21.4. The lowest BCUT2D eigenvalue weighted by Gasteiger charge is -2.29. The van der Waals surface area contributed by atoms with Gasteiger partial charge in [-0.1, -0.05) is 30.3 Å². The number of sulfone groups is 1. The van der Waals surface area contributed by atoms with Crippen LogP contribution in [0.5, 0.6) is 11.5 Å². The zero-order valence-corrected chi connectivity index (χ0v) is 23.1. The first-order valence-electron chi connectivity index (χ1n) is 11.8. The molecular formula is C28H27NO8S2. The number of nitrogens with zero attached hydrogens (tertiary/aromatic N) is 1. The molecule has 204 valence electrons. The molecule has 1 N–H and O–H groups in total.